The Bertz CT molecular complexity index is 383. The van der Waals surface area contributed by atoms with Crippen molar-refractivity contribution in [1.82, 2.24) is 14.7 Å². The van der Waals surface area contributed by atoms with Gasteiger partial charge < -0.3 is 5.73 Å². The predicted octanol–water partition coefficient (Wildman–Crippen LogP) is 1.47. The Morgan fingerprint density at radius 1 is 1.53 bits per heavy atom. The lowest BCUT2D eigenvalue weighted by atomic mass is 9.99. The summed E-state index contributed by atoms with van der Waals surface area (Å²) in [6.45, 7) is 7.74. The maximum atomic E-state index is 6.29. The average Bonchev–Trinajstić information content (AvgIpc) is 2.81. The van der Waals surface area contributed by atoms with Crippen LogP contribution in [0.1, 0.15) is 44.5 Å². The molecule has 0 radical (unpaired) electrons. The fourth-order valence-corrected chi connectivity index (χ4v) is 2.90. The molecule has 1 fully saturated rings. The molecule has 0 bridgehead atoms. The molecule has 0 spiro atoms. The molecule has 2 unspecified atom stereocenters. The quantitative estimate of drug-likeness (QED) is 0.864. The molecule has 1 aliphatic heterocycles. The van der Waals surface area contributed by atoms with Gasteiger partial charge in [-0.05, 0) is 26.7 Å². The van der Waals surface area contributed by atoms with Crippen LogP contribution in [0.25, 0.3) is 0 Å². The lowest BCUT2D eigenvalue weighted by molar-refractivity contribution is 0.197. The zero-order chi connectivity index (χ0) is 12.6. The maximum Gasteiger partial charge on any atom is 0.0670 e. The van der Waals surface area contributed by atoms with Gasteiger partial charge in [-0.25, -0.2) is 0 Å². The summed E-state index contributed by atoms with van der Waals surface area (Å²) in [7, 11) is 1.99. The Morgan fingerprint density at radius 3 is 2.82 bits per heavy atom. The lowest BCUT2D eigenvalue weighted by Crippen LogP contribution is -2.36. The molecule has 0 aromatic carbocycles. The van der Waals surface area contributed by atoms with Crippen molar-refractivity contribution in [1.29, 1.82) is 0 Å². The summed E-state index contributed by atoms with van der Waals surface area (Å²) in [6, 6.07) is 1.13. The topological polar surface area (TPSA) is 47.1 Å². The van der Waals surface area contributed by atoms with E-state index in [2.05, 4.69) is 37.0 Å². The first-order valence-electron chi connectivity index (χ1n) is 6.58. The Morgan fingerprint density at radius 2 is 2.24 bits per heavy atom. The fourth-order valence-electron chi connectivity index (χ4n) is 2.90. The van der Waals surface area contributed by atoms with Crippen LogP contribution in [0.15, 0.2) is 6.20 Å². The van der Waals surface area contributed by atoms with E-state index in [9.17, 15) is 0 Å². The summed E-state index contributed by atoms with van der Waals surface area (Å²) in [5.74, 6) is 0. The van der Waals surface area contributed by atoms with Crippen LogP contribution in [0.3, 0.4) is 0 Å². The second-order valence-corrected chi connectivity index (χ2v) is 5.29. The highest BCUT2D eigenvalue weighted by Crippen LogP contribution is 2.34. The van der Waals surface area contributed by atoms with Crippen molar-refractivity contribution in [2.75, 3.05) is 6.54 Å². The third-order valence-electron chi connectivity index (χ3n) is 3.74. The molecule has 4 nitrogen and oxygen atoms in total. The van der Waals surface area contributed by atoms with Gasteiger partial charge >= 0.3 is 0 Å². The van der Waals surface area contributed by atoms with E-state index < -0.39 is 0 Å². The van der Waals surface area contributed by atoms with Crippen molar-refractivity contribution >= 4 is 0 Å². The van der Waals surface area contributed by atoms with E-state index in [1.165, 1.54) is 11.3 Å². The summed E-state index contributed by atoms with van der Waals surface area (Å²) in [4.78, 5) is 2.50. The van der Waals surface area contributed by atoms with Crippen LogP contribution >= 0.6 is 0 Å². The van der Waals surface area contributed by atoms with Gasteiger partial charge in [0.25, 0.3) is 0 Å². The van der Waals surface area contributed by atoms with E-state index in [4.69, 9.17) is 5.73 Å². The monoisotopic (exact) mass is 236 g/mol. The predicted molar refractivity (Wildman–Crippen MR) is 69.8 cm³/mol. The van der Waals surface area contributed by atoms with E-state index >= 15 is 0 Å². The number of likely N-dealkylation sites (tertiary alicyclic amines) is 1. The van der Waals surface area contributed by atoms with Crippen molar-refractivity contribution in [3.63, 3.8) is 0 Å². The third kappa shape index (κ3) is 2.24. The van der Waals surface area contributed by atoms with Gasteiger partial charge in [-0.15, -0.1) is 0 Å². The molecule has 96 valence electrons. The molecule has 2 rings (SSSR count). The van der Waals surface area contributed by atoms with Crippen LogP contribution < -0.4 is 5.73 Å². The molecule has 1 aromatic rings. The molecular weight excluding hydrogens is 212 g/mol. The van der Waals surface area contributed by atoms with Gasteiger partial charge in [0, 0.05) is 37.4 Å². The summed E-state index contributed by atoms with van der Waals surface area (Å²) >= 11 is 0. The standard InChI is InChI=1S/C13H24N4/c1-5-12-10(8-16(4)15-12)13-11(14)6-7-17(13)9(2)3/h8-9,11,13H,5-7,14H2,1-4H3. The summed E-state index contributed by atoms with van der Waals surface area (Å²) in [5, 5.41) is 4.54. The maximum absolute atomic E-state index is 6.29. The largest absolute Gasteiger partial charge is 0.326 e. The Kier molecular flexibility index (Phi) is 3.54. The minimum atomic E-state index is 0.242. The molecule has 1 aromatic heterocycles. The Hall–Kier alpha value is -0.870. The summed E-state index contributed by atoms with van der Waals surface area (Å²) < 4.78 is 1.91. The minimum absolute atomic E-state index is 0.242. The third-order valence-corrected chi connectivity index (χ3v) is 3.74. The molecule has 4 heteroatoms. The molecule has 0 saturated carbocycles. The van der Waals surface area contributed by atoms with Gasteiger partial charge in [0.05, 0.1) is 11.7 Å². The number of rotatable bonds is 3. The molecule has 2 atom stereocenters. The molecule has 0 aliphatic carbocycles. The van der Waals surface area contributed by atoms with Gasteiger partial charge in [-0.2, -0.15) is 5.10 Å². The van der Waals surface area contributed by atoms with Crippen molar-refractivity contribution in [2.45, 2.75) is 51.7 Å². The zero-order valence-corrected chi connectivity index (χ0v) is 11.3. The SMILES string of the molecule is CCc1nn(C)cc1C1C(N)CCN1C(C)C. The highest BCUT2D eigenvalue weighted by Gasteiger charge is 2.36. The number of aromatic nitrogens is 2. The van der Waals surface area contributed by atoms with Gasteiger partial charge in [-0.3, -0.25) is 9.58 Å². The second kappa shape index (κ2) is 4.78. The number of hydrogen-bond acceptors (Lipinski definition) is 3. The van der Waals surface area contributed by atoms with E-state index in [0.717, 1.165) is 19.4 Å². The highest BCUT2D eigenvalue weighted by molar-refractivity contribution is 5.25. The molecule has 2 heterocycles. The van der Waals surface area contributed by atoms with Crippen molar-refractivity contribution in [2.24, 2.45) is 12.8 Å². The van der Waals surface area contributed by atoms with Crippen LogP contribution in [0.4, 0.5) is 0 Å². The van der Waals surface area contributed by atoms with Crippen LogP contribution in [-0.4, -0.2) is 33.3 Å². The van der Waals surface area contributed by atoms with Crippen LogP contribution in [0.2, 0.25) is 0 Å². The van der Waals surface area contributed by atoms with Crippen LogP contribution in [0.5, 0.6) is 0 Å². The van der Waals surface area contributed by atoms with Gasteiger partial charge in [0.15, 0.2) is 0 Å². The van der Waals surface area contributed by atoms with Crippen molar-refractivity contribution in [3.8, 4) is 0 Å². The highest BCUT2D eigenvalue weighted by atomic mass is 15.3. The zero-order valence-electron chi connectivity index (χ0n) is 11.3. The molecule has 17 heavy (non-hydrogen) atoms. The van der Waals surface area contributed by atoms with Crippen LogP contribution in [0, 0.1) is 0 Å². The molecule has 1 saturated heterocycles. The molecule has 2 N–H and O–H groups in total. The van der Waals surface area contributed by atoms with E-state index in [1.807, 2.05) is 11.7 Å². The first-order chi connectivity index (χ1) is 8.04. The van der Waals surface area contributed by atoms with Crippen molar-refractivity contribution in [3.05, 3.63) is 17.5 Å². The first kappa shape index (κ1) is 12.6. The summed E-state index contributed by atoms with van der Waals surface area (Å²) in [5.41, 5.74) is 8.82. The number of hydrogen-bond donors (Lipinski definition) is 1. The van der Waals surface area contributed by atoms with Crippen LogP contribution in [-0.2, 0) is 13.5 Å². The lowest BCUT2D eigenvalue weighted by Gasteiger charge is -2.30. The molecular formula is C13H24N4. The number of nitrogens with zero attached hydrogens (tertiary/aromatic N) is 3. The van der Waals surface area contributed by atoms with Crippen molar-refractivity contribution < 1.29 is 0 Å². The first-order valence-corrected chi connectivity index (χ1v) is 6.58. The van der Waals surface area contributed by atoms with Gasteiger partial charge in [0.1, 0.15) is 0 Å². The molecule has 0 amide bonds. The normalized spacial score (nSPS) is 26.0. The Labute approximate surface area is 104 Å². The minimum Gasteiger partial charge on any atom is -0.326 e. The smallest absolute Gasteiger partial charge is 0.0670 e. The average molecular weight is 236 g/mol. The van der Waals surface area contributed by atoms with Gasteiger partial charge in [0.2, 0.25) is 0 Å². The fraction of sp³-hybridized carbons (Fsp3) is 0.769. The number of aryl methyl sites for hydroxylation is 2. The van der Waals surface area contributed by atoms with E-state index in [1.54, 1.807) is 0 Å². The second-order valence-electron chi connectivity index (χ2n) is 5.29. The molecule has 1 aliphatic rings. The Balaban J connectivity index is 2.35. The number of nitrogens with two attached hydrogens (primary N) is 1. The summed E-state index contributed by atoms with van der Waals surface area (Å²) in [6.07, 6.45) is 4.20. The van der Waals surface area contributed by atoms with Gasteiger partial charge in [-0.1, -0.05) is 6.92 Å². The van der Waals surface area contributed by atoms with E-state index in [-0.39, 0.29) is 6.04 Å². The van der Waals surface area contributed by atoms with E-state index in [0.29, 0.717) is 12.1 Å².